The van der Waals surface area contributed by atoms with Crippen LogP contribution in [0.25, 0.3) is 11.4 Å². The lowest BCUT2D eigenvalue weighted by molar-refractivity contribution is -0.115. The fraction of sp³-hybridized carbons (Fsp3) is 0.300. The Kier molecular flexibility index (Phi) is 6.02. The molecule has 2 amide bonds. The summed E-state index contributed by atoms with van der Waals surface area (Å²) in [6.07, 6.45) is 2.80. The van der Waals surface area contributed by atoms with Gasteiger partial charge in [-0.1, -0.05) is 12.1 Å². The summed E-state index contributed by atoms with van der Waals surface area (Å²) in [7, 11) is 2.90. The van der Waals surface area contributed by atoms with Crippen LogP contribution in [-0.4, -0.2) is 53.1 Å². The van der Waals surface area contributed by atoms with E-state index in [4.69, 9.17) is 18.1 Å². The number of rotatable bonds is 9. The molecule has 0 unspecified atom stereocenters. The molecule has 0 saturated carbocycles. The zero-order valence-corrected chi connectivity index (χ0v) is 17.6. The molecule has 0 fully saturated rings. The fourth-order valence-electron chi connectivity index (χ4n) is 2.70. The lowest BCUT2D eigenvalue weighted by Gasteiger charge is -2.15. The summed E-state index contributed by atoms with van der Waals surface area (Å²) in [6.45, 7) is -0.933. The molecule has 0 saturated heterocycles. The third-order valence-corrected chi connectivity index (χ3v) is 4.19. The first-order valence-electron chi connectivity index (χ1n) is 10.9. The second-order valence-electron chi connectivity index (χ2n) is 6.28. The van der Waals surface area contributed by atoms with Gasteiger partial charge in [-0.25, -0.2) is 9.97 Å². The van der Waals surface area contributed by atoms with E-state index < -0.39 is 12.9 Å². The predicted octanol–water partition coefficient (Wildman–Crippen LogP) is 2.13. The average Bonchev–Trinajstić information content (AvgIpc) is 3.26. The minimum Gasteiger partial charge on any atom is -0.492 e. The first-order chi connectivity index (χ1) is 16.6. The van der Waals surface area contributed by atoms with Crippen molar-refractivity contribution in [2.24, 2.45) is 0 Å². The molecular formula is C20H23N7O5. The Labute approximate surface area is 188 Å². The van der Waals surface area contributed by atoms with Crippen LogP contribution in [0.2, 0.25) is 0 Å². The van der Waals surface area contributed by atoms with Crippen molar-refractivity contribution < 1.29 is 27.7 Å². The Morgan fingerprint density at radius 1 is 1.28 bits per heavy atom. The largest absolute Gasteiger partial charge is 0.492 e. The van der Waals surface area contributed by atoms with Crippen molar-refractivity contribution in [2.75, 3.05) is 31.8 Å². The molecule has 12 nitrogen and oxygen atoms in total. The highest BCUT2D eigenvalue weighted by Crippen LogP contribution is 2.36. The smallest absolute Gasteiger partial charge is 0.254 e. The highest BCUT2D eigenvalue weighted by atomic mass is 16.5. The number of pyridine rings is 2. The molecule has 32 heavy (non-hydrogen) atoms. The van der Waals surface area contributed by atoms with Gasteiger partial charge in [-0.3, -0.25) is 9.59 Å². The minimum atomic E-state index is -2.72. The van der Waals surface area contributed by atoms with Gasteiger partial charge in [-0.15, -0.1) is 0 Å². The summed E-state index contributed by atoms with van der Waals surface area (Å²) < 4.78 is 37.6. The third kappa shape index (κ3) is 4.98. The van der Waals surface area contributed by atoms with Crippen LogP contribution >= 0.6 is 0 Å². The van der Waals surface area contributed by atoms with Gasteiger partial charge in [0.15, 0.2) is 11.6 Å². The minimum absolute atomic E-state index is 0.105. The molecule has 3 heterocycles. The molecular weight excluding hydrogens is 418 g/mol. The quantitative estimate of drug-likeness (QED) is 0.447. The molecule has 0 bridgehead atoms. The lowest BCUT2D eigenvalue weighted by atomic mass is 10.2. The standard InChI is InChI=1S/C20H23N7O5/c1-5-15(28)25-14-8-13(12(9-23-14)20(29)21-2)24-19-17(31-4)11(6-7-22-19)18-26-16(10-30-3)32-27-18/h6-9H,5,10H2,1-4H3,(H,21,29)(H2,22,23,24,25,28)/i2D3. The van der Waals surface area contributed by atoms with Gasteiger partial charge >= 0.3 is 0 Å². The van der Waals surface area contributed by atoms with Gasteiger partial charge in [-0.05, 0) is 6.07 Å². The third-order valence-electron chi connectivity index (χ3n) is 4.19. The predicted molar refractivity (Wildman–Crippen MR) is 115 cm³/mol. The summed E-state index contributed by atoms with van der Waals surface area (Å²) in [4.78, 5) is 37.0. The van der Waals surface area contributed by atoms with Crippen molar-refractivity contribution in [3.05, 3.63) is 36.0 Å². The number of nitrogens with zero attached hydrogens (tertiary/aromatic N) is 4. The van der Waals surface area contributed by atoms with Gasteiger partial charge in [0, 0.05) is 43.1 Å². The SMILES string of the molecule is [2H]C([2H])([2H])NC(=O)c1cnc(NC(=O)CC)cc1Nc1nccc(-c2noc(COC)n2)c1OC. The Morgan fingerprint density at radius 2 is 2.12 bits per heavy atom. The number of methoxy groups -OCH3 is 2. The van der Waals surface area contributed by atoms with Crippen LogP contribution in [0, 0.1) is 0 Å². The molecule has 3 aromatic heterocycles. The van der Waals surface area contributed by atoms with Gasteiger partial charge in [0.2, 0.25) is 11.7 Å². The van der Waals surface area contributed by atoms with Crippen molar-refractivity contribution in [1.29, 1.82) is 0 Å². The zero-order chi connectivity index (χ0) is 25.6. The number of carbonyl (C=O) groups is 2. The molecule has 0 aliphatic carbocycles. The summed E-state index contributed by atoms with van der Waals surface area (Å²) in [5.74, 6) is -0.228. The molecule has 3 N–H and O–H groups in total. The van der Waals surface area contributed by atoms with E-state index in [2.05, 4.69) is 30.7 Å². The maximum Gasteiger partial charge on any atom is 0.254 e. The Bertz CT molecular complexity index is 1220. The molecule has 0 atom stereocenters. The molecule has 12 heteroatoms. The monoisotopic (exact) mass is 444 g/mol. The van der Waals surface area contributed by atoms with E-state index in [1.54, 1.807) is 13.0 Å². The second-order valence-corrected chi connectivity index (χ2v) is 6.28. The van der Waals surface area contributed by atoms with Gasteiger partial charge in [0.05, 0.1) is 23.9 Å². The van der Waals surface area contributed by atoms with Gasteiger partial charge in [0.25, 0.3) is 11.8 Å². The van der Waals surface area contributed by atoms with Crippen molar-refractivity contribution in [2.45, 2.75) is 20.0 Å². The van der Waals surface area contributed by atoms with E-state index in [9.17, 15) is 9.59 Å². The summed E-state index contributed by atoms with van der Waals surface area (Å²) in [5.41, 5.74) is 0.439. The van der Waals surface area contributed by atoms with Gasteiger partial charge < -0.3 is 29.9 Å². The van der Waals surface area contributed by atoms with Crippen LogP contribution in [0.5, 0.6) is 5.75 Å². The molecule has 0 radical (unpaired) electrons. The number of carbonyl (C=O) groups excluding carboxylic acids is 2. The first-order valence-corrected chi connectivity index (χ1v) is 9.39. The Morgan fingerprint density at radius 3 is 2.84 bits per heavy atom. The lowest BCUT2D eigenvalue weighted by Crippen LogP contribution is -2.20. The van der Waals surface area contributed by atoms with E-state index in [-0.39, 0.29) is 59.3 Å². The maximum absolute atomic E-state index is 12.6. The van der Waals surface area contributed by atoms with Gasteiger partial charge in [-0.2, -0.15) is 4.98 Å². The Balaban J connectivity index is 2.04. The van der Waals surface area contributed by atoms with E-state index in [1.807, 2.05) is 5.32 Å². The number of aromatic nitrogens is 4. The number of amides is 2. The number of ether oxygens (including phenoxy) is 2. The van der Waals surface area contributed by atoms with Crippen LogP contribution in [0.3, 0.4) is 0 Å². The summed E-state index contributed by atoms with van der Waals surface area (Å²) >= 11 is 0. The average molecular weight is 444 g/mol. The number of hydrogen-bond donors (Lipinski definition) is 3. The number of anilines is 3. The van der Waals surface area contributed by atoms with Crippen LogP contribution in [0.15, 0.2) is 29.0 Å². The Hall–Kier alpha value is -4.06. The number of nitrogens with one attached hydrogen (secondary N) is 3. The van der Waals surface area contributed by atoms with E-state index in [0.717, 1.165) is 6.20 Å². The molecule has 0 aliphatic heterocycles. The number of hydrogen-bond acceptors (Lipinski definition) is 10. The van der Waals surface area contributed by atoms with Crippen molar-refractivity contribution in [1.82, 2.24) is 25.4 Å². The van der Waals surface area contributed by atoms with Crippen LogP contribution in [0.4, 0.5) is 17.3 Å². The maximum atomic E-state index is 12.6. The van der Waals surface area contributed by atoms with Crippen molar-refractivity contribution >= 4 is 29.1 Å². The van der Waals surface area contributed by atoms with Crippen LogP contribution in [0.1, 0.15) is 33.7 Å². The zero-order valence-electron chi connectivity index (χ0n) is 20.6. The topological polar surface area (TPSA) is 153 Å². The van der Waals surface area contributed by atoms with Crippen molar-refractivity contribution in [3.63, 3.8) is 0 Å². The normalized spacial score (nSPS) is 12.3. The van der Waals surface area contributed by atoms with E-state index in [0.29, 0.717) is 5.56 Å². The molecule has 3 rings (SSSR count). The van der Waals surface area contributed by atoms with E-state index >= 15 is 0 Å². The summed E-state index contributed by atoms with van der Waals surface area (Å²) in [6, 6.07) is 2.98. The first kappa shape index (κ1) is 18.7. The van der Waals surface area contributed by atoms with Crippen molar-refractivity contribution in [3.8, 4) is 17.1 Å². The van der Waals surface area contributed by atoms with Crippen LogP contribution in [-0.2, 0) is 16.1 Å². The fourth-order valence-corrected chi connectivity index (χ4v) is 2.70. The summed E-state index contributed by atoms with van der Waals surface area (Å²) in [5, 5.41) is 11.4. The second kappa shape index (κ2) is 10.3. The highest BCUT2D eigenvalue weighted by molar-refractivity contribution is 6.01. The van der Waals surface area contributed by atoms with E-state index in [1.165, 1.54) is 26.5 Å². The van der Waals surface area contributed by atoms with Gasteiger partial charge in [0.1, 0.15) is 12.4 Å². The molecule has 3 aromatic rings. The molecule has 0 spiro atoms. The molecule has 0 aromatic carbocycles. The molecule has 168 valence electrons. The highest BCUT2D eigenvalue weighted by Gasteiger charge is 2.20. The van der Waals surface area contributed by atoms with Crippen LogP contribution < -0.4 is 20.7 Å². The molecule has 0 aliphatic rings.